The first-order chi connectivity index (χ1) is 11.8. The maximum absolute atomic E-state index is 2.44. The third-order valence-electron chi connectivity index (χ3n) is 6.35. The van der Waals surface area contributed by atoms with E-state index in [1.165, 1.54) is 51.4 Å². The number of benzene rings is 1. The highest BCUT2D eigenvalue weighted by Crippen LogP contribution is 2.39. The fraction of sp³-hybridized carbons (Fsp3) is 0.583. The Bertz CT molecular complexity index is 491. The summed E-state index contributed by atoms with van der Waals surface area (Å²) in [5.41, 5.74) is 3.17. The lowest BCUT2D eigenvalue weighted by atomic mass is 9.76. The molecule has 0 spiro atoms. The van der Waals surface area contributed by atoms with Gasteiger partial charge >= 0.3 is 0 Å². The average molecular weight is 327 g/mol. The molecule has 0 heterocycles. The first-order valence-corrected chi connectivity index (χ1v) is 10.2. The fourth-order valence-electron chi connectivity index (χ4n) is 4.87. The zero-order valence-electron chi connectivity index (χ0n) is 15.6. The zero-order valence-corrected chi connectivity index (χ0v) is 15.6. The first kappa shape index (κ1) is 17.5. The van der Waals surface area contributed by atoms with Crippen LogP contribution in [0.4, 0.5) is 0 Å². The Morgan fingerprint density at radius 2 is 0.958 bits per heavy atom. The van der Waals surface area contributed by atoms with Crippen LogP contribution in [0, 0.1) is 11.8 Å². The molecule has 0 aliphatic heterocycles. The van der Waals surface area contributed by atoms with Gasteiger partial charge in [-0.05, 0) is 100 Å². The predicted octanol–water partition coefficient (Wildman–Crippen LogP) is 7.88. The van der Waals surface area contributed by atoms with Gasteiger partial charge in [0.05, 0.1) is 0 Å². The van der Waals surface area contributed by atoms with E-state index in [2.05, 4.69) is 62.4 Å². The lowest BCUT2D eigenvalue weighted by Gasteiger charge is -2.29. The van der Waals surface area contributed by atoms with Crippen LogP contribution < -0.4 is 0 Å². The van der Waals surface area contributed by atoms with Crippen molar-refractivity contribution in [2.75, 3.05) is 0 Å². The van der Waals surface area contributed by atoms with Crippen molar-refractivity contribution in [3.8, 4) is 0 Å². The molecular formula is C24H38. The molecule has 2 aliphatic rings. The Labute approximate surface area is 152 Å². The molecule has 1 aromatic rings. The molecule has 0 heteroatoms. The maximum atomic E-state index is 2.44. The SMILES string of the molecule is C/C=C/C1CCC(c2ccc(C3CCC(/C=C/C)CC3)cc2)CC1.[HH].[HH]. The van der Waals surface area contributed by atoms with Crippen molar-refractivity contribution >= 4 is 0 Å². The number of allylic oxidation sites excluding steroid dienone is 4. The van der Waals surface area contributed by atoms with E-state index >= 15 is 0 Å². The molecule has 0 unspecified atom stereocenters. The van der Waals surface area contributed by atoms with Crippen molar-refractivity contribution in [1.29, 1.82) is 0 Å². The van der Waals surface area contributed by atoms with E-state index in [1.807, 2.05) is 0 Å². The van der Waals surface area contributed by atoms with Gasteiger partial charge in [-0.3, -0.25) is 0 Å². The van der Waals surface area contributed by atoms with Crippen LogP contribution in [0.25, 0.3) is 0 Å². The van der Waals surface area contributed by atoms with Gasteiger partial charge < -0.3 is 0 Å². The summed E-state index contributed by atoms with van der Waals surface area (Å²) in [7, 11) is 0. The van der Waals surface area contributed by atoms with Gasteiger partial charge in [-0.15, -0.1) is 0 Å². The number of rotatable bonds is 4. The Balaban J connectivity index is 0.00000169. The summed E-state index contributed by atoms with van der Waals surface area (Å²) in [5.74, 6) is 3.26. The van der Waals surface area contributed by atoms with Crippen molar-refractivity contribution in [3.05, 3.63) is 59.7 Å². The lowest BCUT2D eigenvalue weighted by molar-refractivity contribution is 0.372. The van der Waals surface area contributed by atoms with Crippen LogP contribution in [-0.2, 0) is 0 Å². The van der Waals surface area contributed by atoms with E-state index in [-0.39, 0.29) is 2.85 Å². The van der Waals surface area contributed by atoms with E-state index < -0.39 is 0 Å². The van der Waals surface area contributed by atoms with Gasteiger partial charge in [-0.2, -0.15) is 0 Å². The number of hydrogen-bond donors (Lipinski definition) is 0. The summed E-state index contributed by atoms with van der Waals surface area (Å²) in [6, 6.07) is 9.75. The fourth-order valence-corrected chi connectivity index (χ4v) is 4.87. The summed E-state index contributed by atoms with van der Waals surface area (Å²) in [6.45, 7) is 4.30. The Hall–Kier alpha value is -1.30. The summed E-state index contributed by atoms with van der Waals surface area (Å²) in [6.07, 6.45) is 20.2. The topological polar surface area (TPSA) is 0 Å². The quantitative estimate of drug-likeness (QED) is 0.494. The molecule has 0 N–H and O–H groups in total. The molecule has 3 rings (SSSR count). The first-order valence-electron chi connectivity index (χ1n) is 10.2. The van der Waals surface area contributed by atoms with Gasteiger partial charge in [0.1, 0.15) is 0 Å². The molecule has 0 aromatic heterocycles. The second kappa shape index (κ2) is 8.70. The molecular weight excluding hydrogens is 288 g/mol. The van der Waals surface area contributed by atoms with Crippen LogP contribution in [0.1, 0.15) is 91.0 Å². The number of hydrogen-bond acceptors (Lipinski definition) is 0. The summed E-state index contributed by atoms with van der Waals surface area (Å²) >= 11 is 0. The third kappa shape index (κ3) is 4.41. The van der Waals surface area contributed by atoms with Gasteiger partial charge in [-0.25, -0.2) is 0 Å². The smallest absolute Gasteiger partial charge is 0 e. The van der Waals surface area contributed by atoms with Crippen molar-refractivity contribution in [2.24, 2.45) is 11.8 Å². The molecule has 2 fully saturated rings. The van der Waals surface area contributed by atoms with Crippen molar-refractivity contribution in [1.82, 2.24) is 0 Å². The average Bonchev–Trinajstić information content (AvgIpc) is 2.64. The minimum Gasteiger partial charge on any atom is -0.0914 e. The molecule has 0 bridgehead atoms. The second-order valence-electron chi connectivity index (χ2n) is 7.94. The molecule has 134 valence electrons. The molecule has 0 saturated heterocycles. The normalized spacial score (nSPS) is 31.8. The minimum absolute atomic E-state index is 0. The zero-order chi connectivity index (χ0) is 16.8. The van der Waals surface area contributed by atoms with Gasteiger partial charge in [-0.1, -0.05) is 48.6 Å². The van der Waals surface area contributed by atoms with Gasteiger partial charge in [0, 0.05) is 2.85 Å². The molecule has 2 saturated carbocycles. The Morgan fingerprint density at radius 1 is 0.625 bits per heavy atom. The second-order valence-corrected chi connectivity index (χ2v) is 7.94. The summed E-state index contributed by atoms with van der Waals surface area (Å²) < 4.78 is 0. The monoisotopic (exact) mass is 326 g/mol. The van der Waals surface area contributed by atoms with Crippen LogP contribution >= 0.6 is 0 Å². The van der Waals surface area contributed by atoms with Gasteiger partial charge in [0.15, 0.2) is 0 Å². The maximum Gasteiger partial charge on any atom is 0 e. The highest BCUT2D eigenvalue weighted by Gasteiger charge is 2.23. The lowest BCUT2D eigenvalue weighted by Crippen LogP contribution is -2.13. The van der Waals surface area contributed by atoms with E-state index in [0.29, 0.717) is 0 Å². The van der Waals surface area contributed by atoms with Crippen LogP contribution in [0.15, 0.2) is 48.6 Å². The highest BCUT2D eigenvalue weighted by atomic mass is 14.3. The molecule has 0 nitrogen and oxygen atoms in total. The third-order valence-corrected chi connectivity index (χ3v) is 6.35. The predicted molar refractivity (Wildman–Crippen MR) is 110 cm³/mol. The molecule has 0 amide bonds. The molecule has 2 aliphatic carbocycles. The van der Waals surface area contributed by atoms with E-state index in [0.717, 1.165) is 23.7 Å². The van der Waals surface area contributed by atoms with Crippen LogP contribution in [0.2, 0.25) is 0 Å². The van der Waals surface area contributed by atoms with E-state index in [4.69, 9.17) is 0 Å². The summed E-state index contributed by atoms with van der Waals surface area (Å²) in [4.78, 5) is 0. The minimum atomic E-state index is 0. The largest absolute Gasteiger partial charge is 0.0914 e. The Kier molecular flexibility index (Phi) is 6.35. The van der Waals surface area contributed by atoms with Crippen LogP contribution in [0.3, 0.4) is 0 Å². The molecule has 0 atom stereocenters. The van der Waals surface area contributed by atoms with Gasteiger partial charge in [0.25, 0.3) is 0 Å². The Morgan fingerprint density at radius 3 is 1.25 bits per heavy atom. The van der Waals surface area contributed by atoms with Crippen LogP contribution in [-0.4, -0.2) is 0 Å². The molecule has 0 radical (unpaired) electrons. The van der Waals surface area contributed by atoms with Crippen molar-refractivity contribution in [2.45, 2.75) is 77.0 Å². The standard InChI is InChI=1S/C24H34.2H2/c1-3-5-19-7-11-21(12-8-19)23-15-17-24(18-16-23)22-13-9-20(6-4-2)10-14-22;;/h3-6,15-22H,7-14H2,1-2H3;2*1H/b5-3+,6-4+;;. The van der Waals surface area contributed by atoms with Crippen molar-refractivity contribution in [3.63, 3.8) is 0 Å². The molecule has 1 aromatic carbocycles. The summed E-state index contributed by atoms with van der Waals surface area (Å²) in [5, 5.41) is 0. The highest BCUT2D eigenvalue weighted by molar-refractivity contribution is 5.28. The van der Waals surface area contributed by atoms with Crippen molar-refractivity contribution < 1.29 is 2.85 Å². The van der Waals surface area contributed by atoms with E-state index in [1.54, 1.807) is 11.1 Å². The van der Waals surface area contributed by atoms with Crippen LogP contribution in [0.5, 0.6) is 0 Å². The van der Waals surface area contributed by atoms with E-state index in [9.17, 15) is 0 Å². The van der Waals surface area contributed by atoms with Gasteiger partial charge in [0.2, 0.25) is 0 Å². The molecule has 24 heavy (non-hydrogen) atoms.